The van der Waals surface area contributed by atoms with Gasteiger partial charge in [0.05, 0.1) is 24.2 Å². The maximum Gasteiger partial charge on any atom is 0.330 e. The van der Waals surface area contributed by atoms with Gasteiger partial charge in [-0.15, -0.1) is 0 Å². The molecule has 1 aromatic rings. The van der Waals surface area contributed by atoms with Crippen molar-refractivity contribution in [3.05, 3.63) is 54.1 Å². The third-order valence-corrected chi connectivity index (χ3v) is 13.4. The molecular formula is C26H42O6SSi. The minimum Gasteiger partial charge on any atom is -0.463 e. The molecule has 0 aromatic heterocycles. The summed E-state index contributed by atoms with van der Waals surface area (Å²) in [6, 6.07) is 6.59. The molecule has 0 spiro atoms. The SMILES string of the molecule is CCOC(=O)/C=C/C=C/[C@H](CCOS(=O)(=O)c1ccc(C)cc1)O[Si](C(C)C)(C(C)C)C(C)C. The van der Waals surface area contributed by atoms with Crippen LogP contribution in [-0.2, 0) is 28.3 Å². The summed E-state index contributed by atoms with van der Waals surface area (Å²) in [5.41, 5.74) is 2.09. The van der Waals surface area contributed by atoms with Crippen LogP contribution in [0.3, 0.4) is 0 Å². The lowest BCUT2D eigenvalue weighted by molar-refractivity contribution is -0.137. The minimum absolute atomic E-state index is 0.00836. The Labute approximate surface area is 207 Å². The highest BCUT2D eigenvalue weighted by Gasteiger charge is 2.46. The average Bonchev–Trinajstić information content (AvgIpc) is 2.74. The molecule has 0 aliphatic carbocycles. The van der Waals surface area contributed by atoms with Crippen molar-refractivity contribution in [1.82, 2.24) is 0 Å². The van der Waals surface area contributed by atoms with E-state index >= 15 is 0 Å². The first-order valence-electron chi connectivity index (χ1n) is 12.0. The standard InChI is InChI=1S/C26H42O6SSi/c1-9-30-26(27)13-11-10-12-24(32-34(20(2)3,21(4)5)22(6)7)18-19-31-33(28,29)25-16-14-23(8)15-17-25/h10-17,20-22,24H,9,18-19H2,1-8H3/b12-10+,13-11+/t24-/m1/s1. The van der Waals surface area contributed by atoms with Gasteiger partial charge in [-0.3, -0.25) is 4.18 Å². The highest BCUT2D eigenvalue weighted by atomic mass is 32.2. The molecule has 0 radical (unpaired) electrons. The summed E-state index contributed by atoms with van der Waals surface area (Å²) < 4.78 is 42.3. The molecule has 1 aromatic carbocycles. The molecule has 192 valence electrons. The maximum absolute atomic E-state index is 12.6. The zero-order chi connectivity index (χ0) is 25.9. The van der Waals surface area contributed by atoms with Gasteiger partial charge in [0.15, 0.2) is 0 Å². The van der Waals surface area contributed by atoms with Crippen LogP contribution in [0.1, 0.15) is 60.5 Å². The second-order valence-corrected chi connectivity index (χ2v) is 16.4. The topological polar surface area (TPSA) is 78.9 Å². The molecule has 0 unspecified atom stereocenters. The number of hydrogen-bond acceptors (Lipinski definition) is 6. The Morgan fingerprint density at radius 1 is 0.971 bits per heavy atom. The summed E-state index contributed by atoms with van der Waals surface area (Å²) in [6.07, 6.45) is 6.60. The van der Waals surface area contributed by atoms with Gasteiger partial charge in [0, 0.05) is 12.5 Å². The number of carbonyl (C=O) groups is 1. The monoisotopic (exact) mass is 510 g/mol. The Morgan fingerprint density at radius 3 is 2.03 bits per heavy atom. The summed E-state index contributed by atoms with van der Waals surface area (Å²) in [5, 5.41) is 0. The molecule has 0 fully saturated rings. The summed E-state index contributed by atoms with van der Waals surface area (Å²) in [7, 11) is -6.08. The van der Waals surface area contributed by atoms with Crippen molar-refractivity contribution in [3.63, 3.8) is 0 Å². The largest absolute Gasteiger partial charge is 0.463 e. The highest BCUT2D eigenvalue weighted by Crippen LogP contribution is 2.43. The van der Waals surface area contributed by atoms with Gasteiger partial charge in [0.1, 0.15) is 0 Å². The van der Waals surface area contributed by atoms with Gasteiger partial charge >= 0.3 is 5.97 Å². The second-order valence-electron chi connectivity index (χ2n) is 9.35. The van der Waals surface area contributed by atoms with E-state index in [-0.39, 0.29) is 17.6 Å². The number of ether oxygens (including phenoxy) is 1. The number of esters is 1. The van der Waals surface area contributed by atoms with Gasteiger partial charge in [-0.2, -0.15) is 8.42 Å². The molecule has 0 heterocycles. The van der Waals surface area contributed by atoms with E-state index < -0.39 is 24.4 Å². The molecule has 0 aliphatic heterocycles. The molecule has 0 bridgehead atoms. The molecule has 34 heavy (non-hydrogen) atoms. The van der Waals surface area contributed by atoms with E-state index in [2.05, 4.69) is 41.5 Å². The van der Waals surface area contributed by atoms with Crippen LogP contribution in [0.5, 0.6) is 0 Å². The molecular weight excluding hydrogens is 468 g/mol. The van der Waals surface area contributed by atoms with Crippen LogP contribution in [0.25, 0.3) is 0 Å². The van der Waals surface area contributed by atoms with Gasteiger partial charge < -0.3 is 9.16 Å². The first-order valence-corrected chi connectivity index (χ1v) is 15.6. The summed E-state index contributed by atoms with van der Waals surface area (Å²) in [5.74, 6) is -0.410. The van der Waals surface area contributed by atoms with E-state index in [1.165, 1.54) is 6.08 Å². The third-order valence-electron chi connectivity index (χ3n) is 5.97. The molecule has 1 rings (SSSR count). The van der Waals surface area contributed by atoms with Crippen molar-refractivity contribution in [1.29, 1.82) is 0 Å². The Kier molecular flexibility index (Phi) is 12.4. The van der Waals surface area contributed by atoms with Crippen molar-refractivity contribution in [2.75, 3.05) is 13.2 Å². The van der Waals surface area contributed by atoms with Gasteiger partial charge in [0.2, 0.25) is 8.32 Å². The van der Waals surface area contributed by atoms with E-state index in [9.17, 15) is 13.2 Å². The van der Waals surface area contributed by atoms with Crippen LogP contribution >= 0.6 is 0 Å². The molecule has 0 aliphatic rings. The van der Waals surface area contributed by atoms with Crippen molar-refractivity contribution in [2.24, 2.45) is 0 Å². The molecule has 0 saturated heterocycles. The fraction of sp³-hybridized carbons (Fsp3) is 0.577. The van der Waals surface area contributed by atoms with Gasteiger partial charge in [-0.25, -0.2) is 4.79 Å². The molecule has 0 saturated carbocycles. The summed E-state index contributed by atoms with van der Waals surface area (Å²) >= 11 is 0. The smallest absolute Gasteiger partial charge is 0.330 e. The fourth-order valence-corrected chi connectivity index (χ4v) is 10.9. The van der Waals surface area contributed by atoms with E-state index in [1.807, 2.05) is 13.0 Å². The predicted octanol–water partition coefficient (Wildman–Crippen LogP) is 6.33. The highest BCUT2D eigenvalue weighted by molar-refractivity contribution is 7.86. The van der Waals surface area contributed by atoms with Crippen molar-refractivity contribution >= 4 is 24.4 Å². The van der Waals surface area contributed by atoms with E-state index in [0.717, 1.165) is 5.56 Å². The Morgan fingerprint density at radius 2 is 1.53 bits per heavy atom. The fourth-order valence-electron chi connectivity index (χ4n) is 4.42. The van der Waals surface area contributed by atoms with E-state index in [1.54, 1.807) is 43.3 Å². The third kappa shape index (κ3) is 8.80. The molecule has 1 atom stereocenters. The average molecular weight is 511 g/mol. The second kappa shape index (κ2) is 14.0. The Hall–Kier alpha value is -1.74. The van der Waals surface area contributed by atoms with E-state index in [4.69, 9.17) is 13.3 Å². The first-order chi connectivity index (χ1) is 15.9. The lowest BCUT2D eigenvalue weighted by Gasteiger charge is -2.44. The van der Waals surface area contributed by atoms with Gasteiger partial charge in [-0.1, -0.05) is 77.5 Å². The lowest BCUT2D eigenvalue weighted by atomic mass is 10.2. The lowest BCUT2D eigenvalue weighted by Crippen LogP contribution is -2.50. The quantitative estimate of drug-likeness (QED) is 0.0957. The maximum atomic E-state index is 12.6. The first kappa shape index (κ1) is 30.3. The Balaban J connectivity index is 3.06. The van der Waals surface area contributed by atoms with Crippen molar-refractivity contribution in [2.45, 2.75) is 89.4 Å². The Bertz CT molecular complexity index is 895. The normalized spacial score (nSPS) is 14.1. The van der Waals surface area contributed by atoms with E-state index in [0.29, 0.717) is 29.7 Å². The van der Waals surface area contributed by atoms with Crippen LogP contribution < -0.4 is 0 Å². The van der Waals surface area contributed by atoms with Gasteiger partial charge in [-0.05, 0) is 42.6 Å². The molecule has 0 N–H and O–H groups in total. The summed E-state index contributed by atoms with van der Waals surface area (Å²) in [6.45, 7) is 17.2. The zero-order valence-electron chi connectivity index (χ0n) is 21.9. The van der Waals surface area contributed by atoms with Crippen LogP contribution in [0.4, 0.5) is 0 Å². The van der Waals surface area contributed by atoms with Gasteiger partial charge in [0.25, 0.3) is 10.1 Å². The number of benzene rings is 1. The summed E-state index contributed by atoms with van der Waals surface area (Å²) in [4.78, 5) is 11.7. The molecule has 8 heteroatoms. The molecule has 6 nitrogen and oxygen atoms in total. The number of allylic oxidation sites excluding steroid dienone is 2. The number of rotatable bonds is 14. The van der Waals surface area contributed by atoms with Crippen LogP contribution in [0.15, 0.2) is 53.5 Å². The number of aryl methyl sites for hydroxylation is 1. The zero-order valence-corrected chi connectivity index (χ0v) is 23.7. The van der Waals surface area contributed by atoms with Crippen molar-refractivity contribution < 1.29 is 26.6 Å². The predicted molar refractivity (Wildman–Crippen MR) is 140 cm³/mol. The van der Waals surface area contributed by atoms with Crippen LogP contribution in [0.2, 0.25) is 16.6 Å². The number of hydrogen-bond donors (Lipinski definition) is 0. The molecule has 0 amide bonds. The minimum atomic E-state index is -3.85. The van der Waals surface area contributed by atoms with Crippen LogP contribution in [0, 0.1) is 6.92 Å². The van der Waals surface area contributed by atoms with Crippen LogP contribution in [-0.4, -0.2) is 42.0 Å². The number of carbonyl (C=O) groups excluding carboxylic acids is 1. The van der Waals surface area contributed by atoms with Crippen molar-refractivity contribution in [3.8, 4) is 0 Å².